The Labute approximate surface area is 207 Å². The summed E-state index contributed by atoms with van der Waals surface area (Å²) >= 11 is 0. The molecular formula is C28H35FN4O2. The van der Waals surface area contributed by atoms with Crippen LogP contribution in [0, 0.1) is 18.7 Å². The van der Waals surface area contributed by atoms with E-state index in [0.29, 0.717) is 12.5 Å². The van der Waals surface area contributed by atoms with Gasteiger partial charge in [0.15, 0.2) is 5.72 Å². The molecule has 3 rings (SSSR count). The monoisotopic (exact) mass is 478 g/mol. The van der Waals surface area contributed by atoms with Crippen molar-refractivity contribution in [2.24, 2.45) is 11.8 Å². The third-order valence-electron chi connectivity index (χ3n) is 6.06. The molecule has 1 unspecified atom stereocenters. The number of halogens is 1. The quantitative estimate of drug-likeness (QED) is 0.209. The number of rotatable bonds is 11. The fraction of sp³-hybridized carbons (Fsp3) is 0.321. The van der Waals surface area contributed by atoms with Crippen LogP contribution in [0.25, 0.3) is 11.8 Å². The second-order valence-corrected chi connectivity index (χ2v) is 9.12. The highest BCUT2D eigenvalue weighted by Crippen LogP contribution is 2.33. The van der Waals surface area contributed by atoms with Crippen LogP contribution in [0.2, 0.25) is 0 Å². The number of imidazole rings is 1. The number of aryl methyl sites for hydroxylation is 1. The average Bonchev–Trinajstić information content (AvgIpc) is 3.28. The van der Waals surface area contributed by atoms with E-state index in [0.717, 1.165) is 40.4 Å². The first-order valence-corrected chi connectivity index (χ1v) is 11.7. The van der Waals surface area contributed by atoms with Gasteiger partial charge in [0.2, 0.25) is 0 Å². The van der Waals surface area contributed by atoms with Gasteiger partial charge in [0, 0.05) is 24.0 Å². The fourth-order valence-corrected chi connectivity index (χ4v) is 3.91. The van der Waals surface area contributed by atoms with Crippen LogP contribution in [0.5, 0.6) is 5.75 Å². The van der Waals surface area contributed by atoms with E-state index < -0.39 is 5.72 Å². The van der Waals surface area contributed by atoms with Crippen LogP contribution < -0.4 is 10.6 Å². The van der Waals surface area contributed by atoms with Crippen molar-refractivity contribution in [1.82, 2.24) is 14.5 Å². The van der Waals surface area contributed by atoms with Gasteiger partial charge in [-0.3, -0.25) is 4.84 Å². The fourth-order valence-electron chi connectivity index (χ4n) is 3.91. The van der Waals surface area contributed by atoms with Gasteiger partial charge in [-0.25, -0.2) is 15.3 Å². The minimum Gasteiger partial charge on any atom is -0.495 e. The standard InChI is InChI=1S/C28H35FN4O2/c1-20(2)15-16-33(28(5,35-30)24-10-12-25(29)13-11-24)22(4)7-8-23-9-14-26(27(17-23)34-6)32-18-21(3)31-19-32/h7-14,17-20H,4,15-16,30H2,1-3,5-6H3/b8-7+. The van der Waals surface area contributed by atoms with Gasteiger partial charge in [-0.1, -0.05) is 44.7 Å². The Kier molecular flexibility index (Phi) is 8.48. The summed E-state index contributed by atoms with van der Waals surface area (Å²) in [6, 6.07) is 12.1. The zero-order valence-corrected chi connectivity index (χ0v) is 21.2. The van der Waals surface area contributed by atoms with Crippen molar-refractivity contribution in [2.45, 2.75) is 39.8 Å². The third-order valence-corrected chi connectivity index (χ3v) is 6.06. The molecule has 3 aromatic rings. The van der Waals surface area contributed by atoms with Crippen molar-refractivity contribution in [3.63, 3.8) is 0 Å². The van der Waals surface area contributed by atoms with Crippen LogP contribution >= 0.6 is 0 Å². The van der Waals surface area contributed by atoms with Crippen molar-refractivity contribution in [1.29, 1.82) is 0 Å². The molecular weight excluding hydrogens is 443 g/mol. The molecule has 1 atom stereocenters. The molecule has 7 heteroatoms. The van der Waals surface area contributed by atoms with Crippen LogP contribution in [0.4, 0.5) is 4.39 Å². The zero-order chi connectivity index (χ0) is 25.6. The average molecular weight is 479 g/mol. The Bertz CT molecular complexity index is 1170. The smallest absolute Gasteiger partial charge is 0.183 e. The highest BCUT2D eigenvalue weighted by molar-refractivity contribution is 5.60. The molecule has 0 saturated heterocycles. The Balaban J connectivity index is 1.90. The predicted octanol–water partition coefficient (Wildman–Crippen LogP) is 5.97. The normalized spacial score (nSPS) is 13.3. The lowest BCUT2D eigenvalue weighted by Crippen LogP contribution is -2.47. The molecule has 2 aromatic carbocycles. The number of hydrogen-bond acceptors (Lipinski definition) is 5. The van der Waals surface area contributed by atoms with Crippen molar-refractivity contribution in [2.75, 3.05) is 13.7 Å². The van der Waals surface area contributed by atoms with E-state index in [2.05, 4.69) is 25.4 Å². The van der Waals surface area contributed by atoms with Gasteiger partial charge in [-0.2, -0.15) is 0 Å². The molecule has 0 amide bonds. The Hall–Kier alpha value is -3.42. The van der Waals surface area contributed by atoms with E-state index in [4.69, 9.17) is 15.5 Å². The van der Waals surface area contributed by atoms with E-state index in [1.54, 1.807) is 25.6 Å². The Morgan fingerprint density at radius 2 is 1.97 bits per heavy atom. The van der Waals surface area contributed by atoms with Crippen LogP contribution in [0.15, 0.2) is 73.3 Å². The largest absolute Gasteiger partial charge is 0.495 e. The molecule has 6 nitrogen and oxygen atoms in total. The first kappa shape index (κ1) is 26.2. The molecule has 0 aliphatic heterocycles. The maximum Gasteiger partial charge on any atom is 0.183 e. The number of nitrogens with two attached hydrogens (primary N) is 1. The third kappa shape index (κ3) is 6.18. The number of benzene rings is 2. The molecule has 1 aromatic heterocycles. The summed E-state index contributed by atoms with van der Waals surface area (Å²) in [5, 5.41) is 0. The predicted molar refractivity (Wildman–Crippen MR) is 138 cm³/mol. The molecule has 0 radical (unpaired) electrons. The zero-order valence-electron chi connectivity index (χ0n) is 21.2. The van der Waals surface area contributed by atoms with E-state index in [1.165, 1.54) is 12.1 Å². The second-order valence-electron chi connectivity index (χ2n) is 9.12. The summed E-state index contributed by atoms with van der Waals surface area (Å²) in [5.74, 6) is 6.70. The number of nitrogens with zero attached hydrogens (tertiary/aromatic N) is 3. The number of aromatic nitrogens is 2. The number of allylic oxidation sites excluding steroid dienone is 1. The molecule has 0 fully saturated rings. The van der Waals surface area contributed by atoms with Gasteiger partial charge in [0.1, 0.15) is 11.6 Å². The van der Waals surface area contributed by atoms with Crippen molar-refractivity contribution < 1.29 is 14.0 Å². The van der Waals surface area contributed by atoms with Gasteiger partial charge < -0.3 is 14.2 Å². The van der Waals surface area contributed by atoms with Crippen LogP contribution in [0.1, 0.15) is 44.0 Å². The van der Waals surface area contributed by atoms with Gasteiger partial charge in [0.25, 0.3) is 0 Å². The molecule has 0 aliphatic carbocycles. The molecule has 1 heterocycles. The highest BCUT2D eigenvalue weighted by Gasteiger charge is 2.35. The molecule has 2 N–H and O–H groups in total. The second kappa shape index (κ2) is 11.3. The Morgan fingerprint density at radius 3 is 2.54 bits per heavy atom. The summed E-state index contributed by atoms with van der Waals surface area (Å²) < 4.78 is 21.1. The molecule has 0 aliphatic rings. The molecule has 0 spiro atoms. The van der Waals surface area contributed by atoms with E-state index in [1.807, 2.05) is 59.9 Å². The summed E-state index contributed by atoms with van der Waals surface area (Å²) in [7, 11) is 1.65. The maximum absolute atomic E-state index is 13.6. The SMILES string of the molecule is C=C(/C=C/c1ccc(-n2cnc(C)c2)c(OC)c1)N(CCC(C)C)C(C)(ON)c1ccc(F)cc1. The van der Waals surface area contributed by atoms with Gasteiger partial charge in [-0.05, 0) is 62.1 Å². The van der Waals surface area contributed by atoms with Crippen LogP contribution in [-0.4, -0.2) is 28.1 Å². The van der Waals surface area contributed by atoms with E-state index in [-0.39, 0.29) is 5.82 Å². The number of methoxy groups -OCH3 is 1. The summed E-state index contributed by atoms with van der Waals surface area (Å²) in [5.41, 5.74) is 3.22. The maximum atomic E-state index is 13.6. The van der Waals surface area contributed by atoms with E-state index in [9.17, 15) is 4.39 Å². The van der Waals surface area contributed by atoms with Crippen LogP contribution in [-0.2, 0) is 10.6 Å². The molecule has 35 heavy (non-hydrogen) atoms. The summed E-state index contributed by atoms with van der Waals surface area (Å²) in [4.78, 5) is 11.8. The molecule has 0 saturated carbocycles. The summed E-state index contributed by atoms with van der Waals surface area (Å²) in [6.07, 6.45) is 8.51. The van der Waals surface area contributed by atoms with Gasteiger partial charge >= 0.3 is 0 Å². The van der Waals surface area contributed by atoms with Crippen molar-refractivity contribution >= 4 is 6.08 Å². The number of ether oxygens (including phenoxy) is 1. The minimum atomic E-state index is -1.02. The summed E-state index contributed by atoms with van der Waals surface area (Å²) in [6.45, 7) is 13.1. The topological polar surface area (TPSA) is 65.5 Å². The van der Waals surface area contributed by atoms with Crippen LogP contribution in [0.3, 0.4) is 0 Å². The van der Waals surface area contributed by atoms with Gasteiger partial charge in [0.05, 0.1) is 24.8 Å². The van der Waals surface area contributed by atoms with Gasteiger partial charge in [-0.15, -0.1) is 0 Å². The Morgan fingerprint density at radius 1 is 1.26 bits per heavy atom. The lowest BCUT2D eigenvalue weighted by Gasteiger charge is -2.42. The van der Waals surface area contributed by atoms with Crippen molar-refractivity contribution in [3.05, 3.63) is 96.0 Å². The van der Waals surface area contributed by atoms with Crippen molar-refractivity contribution in [3.8, 4) is 11.4 Å². The molecule has 186 valence electrons. The highest BCUT2D eigenvalue weighted by atomic mass is 19.1. The molecule has 0 bridgehead atoms. The first-order valence-electron chi connectivity index (χ1n) is 11.7. The lowest BCUT2D eigenvalue weighted by molar-refractivity contribution is -0.140. The first-order chi connectivity index (χ1) is 16.7. The minimum absolute atomic E-state index is 0.316. The van der Waals surface area contributed by atoms with E-state index >= 15 is 0 Å². The lowest BCUT2D eigenvalue weighted by atomic mass is 10.00. The number of hydrogen-bond donors (Lipinski definition) is 1.